The summed E-state index contributed by atoms with van der Waals surface area (Å²) < 4.78 is 0. The molecule has 0 saturated carbocycles. The van der Waals surface area contributed by atoms with Crippen molar-refractivity contribution in [3.05, 3.63) is 89.7 Å². The normalized spacial score (nSPS) is 15.3. The zero-order chi connectivity index (χ0) is 25.9. The Hall–Kier alpha value is -4.26. The molecule has 3 aromatic carbocycles. The SMILES string of the molecule is CCN(c1ccc(NC(=O)C2CC(=O)N(Cc3cccc4ccccc34)C2)cc1)c1nc(C)cc(C)n1. The van der Waals surface area contributed by atoms with E-state index in [4.69, 9.17) is 0 Å². The van der Waals surface area contributed by atoms with E-state index in [2.05, 4.69) is 40.4 Å². The smallest absolute Gasteiger partial charge is 0.230 e. The van der Waals surface area contributed by atoms with Crippen LogP contribution in [0, 0.1) is 19.8 Å². The molecule has 1 saturated heterocycles. The second-order valence-electron chi connectivity index (χ2n) is 9.54. The molecule has 0 radical (unpaired) electrons. The molecule has 2 amide bonds. The zero-order valence-corrected chi connectivity index (χ0v) is 21.4. The summed E-state index contributed by atoms with van der Waals surface area (Å²) in [6.45, 7) is 7.61. The molecule has 1 N–H and O–H groups in total. The highest BCUT2D eigenvalue weighted by Crippen LogP contribution is 2.27. The van der Waals surface area contributed by atoms with Crippen LogP contribution >= 0.6 is 0 Å². The molecule has 4 aromatic rings. The van der Waals surface area contributed by atoms with Crippen LogP contribution in [0.15, 0.2) is 72.8 Å². The summed E-state index contributed by atoms with van der Waals surface area (Å²) in [5, 5.41) is 5.28. The summed E-state index contributed by atoms with van der Waals surface area (Å²) in [5.74, 6) is 0.160. The van der Waals surface area contributed by atoms with Gasteiger partial charge in [0.25, 0.3) is 0 Å². The monoisotopic (exact) mass is 493 g/mol. The van der Waals surface area contributed by atoms with Crippen molar-refractivity contribution in [1.29, 1.82) is 0 Å². The van der Waals surface area contributed by atoms with E-state index < -0.39 is 0 Å². The molecule has 5 rings (SSSR count). The van der Waals surface area contributed by atoms with Gasteiger partial charge in [-0.2, -0.15) is 0 Å². The van der Waals surface area contributed by atoms with Gasteiger partial charge in [0.15, 0.2) is 0 Å². The Morgan fingerprint density at radius 3 is 2.43 bits per heavy atom. The van der Waals surface area contributed by atoms with Crippen LogP contribution in [0.3, 0.4) is 0 Å². The van der Waals surface area contributed by atoms with Crippen LogP contribution in [0.25, 0.3) is 10.8 Å². The van der Waals surface area contributed by atoms with Gasteiger partial charge in [-0.15, -0.1) is 0 Å². The number of anilines is 3. The van der Waals surface area contributed by atoms with E-state index >= 15 is 0 Å². The first-order valence-electron chi connectivity index (χ1n) is 12.7. The molecular formula is C30H31N5O2. The third-order valence-corrected chi connectivity index (χ3v) is 6.80. The van der Waals surface area contributed by atoms with E-state index in [0.29, 0.717) is 31.3 Å². The van der Waals surface area contributed by atoms with Crippen LogP contribution in [0.4, 0.5) is 17.3 Å². The van der Waals surface area contributed by atoms with Crippen LogP contribution in [0.2, 0.25) is 0 Å². The van der Waals surface area contributed by atoms with Gasteiger partial charge in [-0.25, -0.2) is 9.97 Å². The van der Waals surface area contributed by atoms with E-state index in [1.54, 1.807) is 4.90 Å². The predicted molar refractivity (Wildman–Crippen MR) is 147 cm³/mol. The highest BCUT2D eigenvalue weighted by molar-refractivity contribution is 5.97. The van der Waals surface area contributed by atoms with Crippen molar-refractivity contribution < 1.29 is 9.59 Å². The predicted octanol–water partition coefficient (Wildman–Crippen LogP) is 5.39. The van der Waals surface area contributed by atoms with E-state index in [1.165, 1.54) is 0 Å². The fourth-order valence-electron chi connectivity index (χ4n) is 4.97. The minimum absolute atomic E-state index is 0.00969. The van der Waals surface area contributed by atoms with E-state index in [9.17, 15) is 9.59 Å². The molecule has 2 heterocycles. The largest absolute Gasteiger partial charge is 0.338 e. The Labute approximate surface area is 217 Å². The molecule has 37 heavy (non-hydrogen) atoms. The van der Waals surface area contributed by atoms with Crippen molar-refractivity contribution in [3.8, 4) is 0 Å². The quantitative estimate of drug-likeness (QED) is 0.373. The van der Waals surface area contributed by atoms with Crippen molar-refractivity contribution in [2.45, 2.75) is 33.7 Å². The van der Waals surface area contributed by atoms with Crippen molar-refractivity contribution >= 4 is 39.9 Å². The minimum atomic E-state index is -0.377. The molecule has 7 nitrogen and oxygen atoms in total. The van der Waals surface area contributed by atoms with Gasteiger partial charge < -0.3 is 15.1 Å². The molecule has 1 aliphatic heterocycles. The van der Waals surface area contributed by atoms with Crippen LogP contribution in [0.1, 0.15) is 30.3 Å². The Kier molecular flexibility index (Phi) is 6.86. The van der Waals surface area contributed by atoms with Gasteiger partial charge >= 0.3 is 0 Å². The Bertz CT molecular complexity index is 1420. The van der Waals surface area contributed by atoms with Crippen LogP contribution in [0.5, 0.6) is 0 Å². The first kappa shape index (κ1) is 24.4. The first-order chi connectivity index (χ1) is 17.9. The lowest BCUT2D eigenvalue weighted by molar-refractivity contribution is -0.128. The minimum Gasteiger partial charge on any atom is -0.338 e. The number of amides is 2. The molecule has 7 heteroatoms. The lowest BCUT2D eigenvalue weighted by Crippen LogP contribution is -2.28. The number of aromatic nitrogens is 2. The fraction of sp³-hybridized carbons (Fsp3) is 0.267. The summed E-state index contributed by atoms with van der Waals surface area (Å²) >= 11 is 0. The number of nitrogens with one attached hydrogen (secondary N) is 1. The van der Waals surface area contributed by atoms with Gasteiger partial charge in [0.1, 0.15) is 0 Å². The second kappa shape index (κ2) is 10.4. The molecule has 1 aromatic heterocycles. The molecule has 1 unspecified atom stereocenters. The summed E-state index contributed by atoms with van der Waals surface area (Å²) in [7, 11) is 0. The molecule has 0 aliphatic carbocycles. The fourth-order valence-corrected chi connectivity index (χ4v) is 4.97. The number of nitrogens with zero attached hydrogens (tertiary/aromatic N) is 4. The number of carbonyl (C=O) groups excluding carboxylic acids is 2. The summed E-state index contributed by atoms with van der Waals surface area (Å²) in [6.07, 6.45) is 0.225. The molecule has 1 fully saturated rings. The number of carbonyl (C=O) groups is 2. The Morgan fingerprint density at radius 2 is 1.70 bits per heavy atom. The van der Waals surface area contributed by atoms with Crippen molar-refractivity contribution in [2.75, 3.05) is 23.3 Å². The molecule has 0 bridgehead atoms. The standard InChI is InChI=1S/C30H31N5O2/c1-4-35(30-31-20(2)16-21(3)32-30)26-14-12-25(13-15-26)33-29(37)24-17-28(36)34(19-24)18-23-10-7-9-22-8-5-6-11-27(22)23/h5-16,24H,4,17-19H2,1-3H3,(H,33,37). The maximum atomic E-state index is 13.0. The molecular weight excluding hydrogens is 462 g/mol. The van der Waals surface area contributed by atoms with Gasteiger partial charge in [-0.05, 0) is 67.4 Å². The number of rotatable bonds is 7. The molecule has 1 aliphatic rings. The third kappa shape index (κ3) is 5.31. The van der Waals surface area contributed by atoms with Gasteiger partial charge in [-0.1, -0.05) is 42.5 Å². The number of hydrogen-bond acceptors (Lipinski definition) is 5. The van der Waals surface area contributed by atoms with Crippen LogP contribution in [-0.2, 0) is 16.1 Å². The average molecular weight is 494 g/mol. The topological polar surface area (TPSA) is 78.4 Å². The van der Waals surface area contributed by atoms with Crippen molar-refractivity contribution in [3.63, 3.8) is 0 Å². The van der Waals surface area contributed by atoms with E-state index in [1.807, 2.05) is 73.3 Å². The van der Waals surface area contributed by atoms with Gasteiger partial charge in [0.2, 0.25) is 17.8 Å². The van der Waals surface area contributed by atoms with Gasteiger partial charge in [-0.3, -0.25) is 9.59 Å². The number of likely N-dealkylation sites (tertiary alicyclic amines) is 1. The highest BCUT2D eigenvalue weighted by Gasteiger charge is 2.34. The molecule has 0 spiro atoms. The number of benzene rings is 3. The van der Waals surface area contributed by atoms with Gasteiger partial charge in [0.05, 0.1) is 5.92 Å². The Balaban J connectivity index is 1.24. The van der Waals surface area contributed by atoms with E-state index in [0.717, 1.165) is 33.4 Å². The lowest BCUT2D eigenvalue weighted by atomic mass is 10.0. The summed E-state index contributed by atoms with van der Waals surface area (Å²) in [5.41, 5.74) is 4.58. The third-order valence-electron chi connectivity index (χ3n) is 6.80. The zero-order valence-electron chi connectivity index (χ0n) is 21.4. The number of fused-ring (bicyclic) bond motifs is 1. The van der Waals surface area contributed by atoms with Crippen molar-refractivity contribution in [2.24, 2.45) is 5.92 Å². The molecule has 188 valence electrons. The maximum Gasteiger partial charge on any atom is 0.230 e. The maximum absolute atomic E-state index is 13.0. The van der Waals surface area contributed by atoms with Crippen LogP contribution < -0.4 is 10.2 Å². The highest BCUT2D eigenvalue weighted by atomic mass is 16.2. The van der Waals surface area contributed by atoms with E-state index in [-0.39, 0.29) is 24.2 Å². The van der Waals surface area contributed by atoms with Crippen LogP contribution in [-0.4, -0.2) is 39.8 Å². The lowest BCUT2D eigenvalue weighted by Gasteiger charge is -2.22. The second-order valence-corrected chi connectivity index (χ2v) is 9.54. The number of hydrogen-bond donors (Lipinski definition) is 1. The number of aryl methyl sites for hydroxylation is 2. The first-order valence-corrected chi connectivity index (χ1v) is 12.7. The molecule has 1 atom stereocenters. The summed E-state index contributed by atoms with van der Waals surface area (Å²) in [6, 6.07) is 23.9. The van der Waals surface area contributed by atoms with Gasteiger partial charge in [0, 0.05) is 48.8 Å². The average Bonchev–Trinajstić information content (AvgIpc) is 3.25. The van der Waals surface area contributed by atoms with Crippen molar-refractivity contribution in [1.82, 2.24) is 14.9 Å². The Morgan fingerprint density at radius 1 is 1.00 bits per heavy atom. The summed E-state index contributed by atoms with van der Waals surface area (Å²) in [4.78, 5) is 38.7.